The highest BCUT2D eigenvalue weighted by Crippen LogP contribution is 2.64. The highest BCUT2D eigenvalue weighted by molar-refractivity contribution is 8.55. The highest BCUT2D eigenvalue weighted by Gasteiger charge is 2.29. The maximum absolute atomic E-state index is 12.5. The molecule has 20 heavy (non-hydrogen) atoms. The van der Waals surface area contributed by atoms with Gasteiger partial charge in [-0.15, -0.1) is 0 Å². The van der Waals surface area contributed by atoms with Crippen molar-refractivity contribution >= 4 is 18.2 Å². The van der Waals surface area contributed by atoms with E-state index in [1.165, 1.54) is 6.26 Å². The molecule has 0 fully saturated rings. The minimum Gasteiger partial charge on any atom is -0.363 e. The Kier molecular flexibility index (Phi) is 5.43. The molecule has 0 aliphatic carbocycles. The quantitative estimate of drug-likeness (QED) is 0.695. The first kappa shape index (κ1) is 15.3. The van der Waals surface area contributed by atoms with E-state index in [0.29, 0.717) is 18.2 Å². The van der Waals surface area contributed by atoms with Crippen LogP contribution < -0.4 is 0 Å². The molecule has 2 rings (SSSR count). The molecule has 1 aromatic carbocycles. The SMILES string of the molecule is CCOP(=O)(OCC)Sc1nocc1-c1ccccc1. The van der Waals surface area contributed by atoms with E-state index in [-0.39, 0.29) is 0 Å². The Morgan fingerprint density at radius 1 is 1.20 bits per heavy atom. The lowest BCUT2D eigenvalue weighted by Crippen LogP contribution is -1.92. The zero-order valence-corrected chi connectivity index (χ0v) is 13.0. The van der Waals surface area contributed by atoms with Crippen molar-refractivity contribution in [3.8, 4) is 11.1 Å². The third-order valence-electron chi connectivity index (χ3n) is 2.39. The first-order valence-corrected chi connectivity index (χ1v) is 9.23. The smallest absolute Gasteiger partial charge is 0.363 e. The van der Waals surface area contributed by atoms with Crippen LogP contribution in [0, 0.1) is 0 Å². The van der Waals surface area contributed by atoms with Crippen LogP contribution in [0.1, 0.15) is 13.8 Å². The summed E-state index contributed by atoms with van der Waals surface area (Å²) in [5.41, 5.74) is 1.71. The molecule has 0 aliphatic rings. The zero-order valence-electron chi connectivity index (χ0n) is 11.3. The fraction of sp³-hybridized carbons (Fsp3) is 0.308. The second kappa shape index (κ2) is 7.09. The lowest BCUT2D eigenvalue weighted by atomic mass is 10.1. The monoisotopic (exact) mass is 313 g/mol. The van der Waals surface area contributed by atoms with Crippen LogP contribution in [0.3, 0.4) is 0 Å². The van der Waals surface area contributed by atoms with Gasteiger partial charge >= 0.3 is 6.80 Å². The minimum absolute atomic E-state index is 0.308. The van der Waals surface area contributed by atoms with E-state index in [9.17, 15) is 4.57 Å². The predicted molar refractivity (Wildman–Crippen MR) is 78.7 cm³/mol. The Morgan fingerprint density at radius 3 is 2.45 bits per heavy atom. The van der Waals surface area contributed by atoms with Gasteiger partial charge in [0.2, 0.25) is 0 Å². The molecule has 2 aromatic rings. The van der Waals surface area contributed by atoms with Gasteiger partial charge in [0.1, 0.15) is 6.26 Å². The molecule has 0 amide bonds. The molecule has 0 saturated heterocycles. The number of aromatic nitrogens is 1. The van der Waals surface area contributed by atoms with Crippen LogP contribution in [-0.4, -0.2) is 18.4 Å². The fourth-order valence-corrected chi connectivity index (χ4v) is 4.96. The van der Waals surface area contributed by atoms with Crippen LogP contribution in [-0.2, 0) is 13.6 Å². The maximum atomic E-state index is 12.5. The van der Waals surface area contributed by atoms with E-state index in [1.807, 2.05) is 30.3 Å². The molecule has 0 spiro atoms. The summed E-state index contributed by atoms with van der Waals surface area (Å²) < 4.78 is 28.0. The van der Waals surface area contributed by atoms with Crippen molar-refractivity contribution in [2.45, 2.75) is 18.9 Å². The summed E-state index contributed by atoms with van der Waals surface area (Å²) in [6.45, 7) is 0.897. The van der Waals surface area contributed by atoms with E-state index < -0.39 is 6.80 Å². The van der Waals surface area contributed by atoms with Gasteiger partial charge in [-0.05, 0) is 19.4 Å². The number of nitrogens with zero attached hydrogens (tertiary/aromatic N) is 1. The Bertz CT molecular complexity index is 577. The topological polar surface area (TPSA) is 61.6 Å². The summed E-state index contributed by atoms with van der Waals surface area (Å²) in [6, 6.07) is 9.63. The molecular formula is C13H16NO4PS. The van der Waals surface area contributed by atoms with Gasteiger partial charge in [0.05, 0.1) is 18.8 Å². The molecule has 5 nitrogen and oxygen atoms in total. The summed E-state index contributed by atoms with van der Waals surface area (Å²) in [5, 5.41) is 4.40. The van der Waals surface area contributed by atoms with Crippen molar-refractivity contribution in [1.29, 1.82) is 0 Å². The molecule has 0 N–H and O–H groups in total. The second-order valence-electron chi connectivity index (χ2n) is 3.77. The van der Waals surface area contributed by atoms with Gasteiger partial charge in [0.25, 0.3) is 0 Å². The van der Waals surface area contributed by atoms with Crippen LogP contribution in [0.5, 0.6) is 0 Å². The van der Waals surface area contributed by atoms with E-state index in [4.69, 9.17) is 13.6 Å². The van der Waals surface area contributed by atoms with Crippen molar-refractivity contribution < 1.29 is 18.1 Å². The van der Waals surface area contributed by atoms with Gasteiger partial charge in [0, 0.05) is 11.4 Å². The molecule has 1 heterocycles. The number of rotatable bonds is 7. The number of benzene rings is 1. The van der Waals surface area contributed by atoms with Crippen LogP contribution in [0.25, 0.3) is 11.1 Å². The van der Waals surface area contributed by atoms with Crippen molar-refractivity contribution in [3.63, 3.8) is 0 Å². The van der Waals surface area contributed by atoms with Crippen LogP contribution in [0.2, 0.25) is 0 Å². The molecule has 0 bridgehead atoms. The van der Waals surface area contributed by atoms with Crippen molar-refractivity contribution in [1.82, 2.24) is 5.16 Å². The molecular weight excluding hydrogens is 297 g/mol. The molecule has 0 unspecified atom stereocenters. The summed E-state index contributed by atoms with van der Waals surface area (Å²) in [7, 11) is 0. The predicted octanol–water partition coefficient (Wildman–Crippen LogP) is 4.61. The van der Waals surface area contributed by atoms with Gasteiger partial charge in [-0.1, -0.05) is 35.5 Å². The van der Waals surface area contributed by atoms with Crippen molar-refractivity contribution in [2.24, 2.45) is 0 Å². The van der Waals surface area contributed by atoms with Crippen LogP contribution in [0.4, 0.5) is 0 Å². The highest BCUT2D eigenvalue weighted by atomic mass is 32.7. The molecule has 7 heteroatoms. The number of hydrogen-bond acceptors (Lipinski definition) is 6. The maximum Gasteiger partial charge on any atom is 0.395 e. The summed E-state index contributed by atoms with van der Waals surface area (Å²) >= 11 is 0.975. The molecule has 0 atom stereocenters. The second-order valence-corrected chi connectivity index (χ2v) is 7.64. The van der Waals surface area contributed by atoms with E-state index in [1.54, 1.807) is 13.8 Å². The molecule has 1 aromatic heterocycles. The minimum atomic E-state index is -3.26. The lowest BCUT2D eigenvalue weighted by molar-refractivity contribution is 0.236. The summed E-state index contributed by atoms with van der Waals surface area (Å²) in [4.78, 5) is 0. The Morgan fingerprint density at radius 2 is 1.85 bits per heavy atom. The average Bonchev–Trinajstić information content (AvgIpc) is 2.88. The Hall–Kier alpha value is -1.07. The first-order chi connectivity index (χ1) is 9.68. The third kappa shape index (κ3) is 3.73. The molecule has 0 radical (unpaired) electrons. The van der Waals surface area contributed by atoms with E-state index >= 15 is 0 Å². The van der Waals surface area contributed by atoms with E-state index in [0.717, 1.165) is 22.5 Å². The summed E-state index contributed by atoms with van der Waals surface area (Å²) in [6.07, 6.45) is 1.53. The fourth-order valence-electron chi connectivity index (χ4n) is 1.61. The average molecular weight is 313 g/mol. The molecule has 108 valence electrons. The zero-order chi connectivity index (χ0) is 14.4. The van der Waals surface area contributed by atoms with Gasteiger partial charge in [-0.2, -0.15) is 0 Å². The molecule has 0 aliphatic heterocycles. The largest absolute Gasteiger partial charge is 0.395 e. The first-order valence-electron chi connectivity index (χ1n) is 6.27. The van der Waals surface area contributed by atoms with Gasteiger partial charge in [0.15, 0.2) is 5.03 Å². The Labute approximate surface area is 121 Å². The van der Waals surface area contributed by atoms with Gasteiger partial charge in [-0.25, -0.2) is 4.57 Å². The van der Waals surface area contributed by atoms with Crippen molar-refractivity contribution in [2.75, 3.05) is 13.2 Å². The van der Waals surface area contributed by atoms with Gasteiger partial charge < -0.3 is 13.6 Å². The standard InChI is InChI=1S/C13H16NO4PS/c1-3-17-19(15,18-4-2)20-13-12(10-16-14-13)11-8-6-5-7-9-11/h5-10H,3-4H2,1-2H3. The number of hydrogen-bond donors (Lipinski definition) is 0. The normalized spacial score (nSPS) is 11.7. The third-order valence-corrected chi connectivity index (χ3v) is 6.06. The van der Waals surface area contributed by atoms with Gasteiger partial charge in [-0.3, -0.25) is 0 Å². The van der Waals surface area contributed by atoms with Crippen molar-refractivity contribution in [3.05, 3.63) is 36.6 Å². The summed E-state index contributed by atoms with van der Waals surface area (Å²) in [5.74, 6) is 0. The lowest BCUT2D eigenvalue weighted by Gasteiger charge is -2.14. The molecule has 0 saturated carbocycles. The van der Waals surface area contributed by atoms with E-state index in [2.05, 4.69) is 5.16 Å². The van der Waals surface area contributed by atoms with Crippen LogP contribution in [0.15, 0.2) is 46.1 Å². The van der Waals surface area contributed by atoms with Crippen LogP contribution >= 0.6 is 18.2 Å². The Balaban J connectivity index is 2.26.